The summed E-state index contributed by atoms with van der Waals surface area (Å²) in [6.07, 6.45) is 32.6. The maximum Gasteiger partial charge on any atom is 0.220 e. The fourth-order valence-corrected chi connectivity index (χ4v) is 6.15. The molecule has 0 aromatic carbocycles. The molecule has 0 aromatic rings. The predicted octanol–water partition coefficient (Wildman–Crippen LogP) is 7.50. The Labute approximate surface area is 310 Å². The molecule has 296 valence electrons. The van der Waals surface area contributed by atoms with Gasteiger partial charge >= 0.3 is 0 Å². The highest BCUT2D eigenvalue weighted by Crippen LogP contribution is 2.23. The zero-order valence-corrected chi connectivity index (χ0v) is 32.1. The molecule has 7 atom stereocenters. The van der Waals surface area contributed by atoms with E-state index in [1.54, 1.807) is 0 Å². The molecule has 0 saturated carbocycles. The highest BCUT2D eigenvalue weighted by atomic mass is 16.7. The van der Waals surface area contributed by atoms with Crippen molar-refractivity contribution in [1.82, 2.24) is 5.32 Å². The maximum atomic E-state index is 12.9. The monoisotopic (exact) mass is 722 g/mol. The van der Waals surface area contributed by atoms with Gasteiger partial charge in [-0.25, -0.2) is 0 Å². The molecule has 7 unspecified atom stereocenters. The number of hydrogen-bond donors (Lipinski definition) is 6. The Morgan fingerprint density at radius 2 is 1.22 bits per heavy atom. The van der Waals surface area contributed by atoms with Crippen LogP contribution >= 0.6 is 0 Å². The number of nitrogens with one attached hydrogen (secondary N) is 1. The van der Waals surface area contributed by atoms with E-state index in [4.69, 9.17) is 9.47 Å². The van der Waals surface area contributed by atoms with Gasteiger partial charge in [0, 0.05) is 6.42 Å². The molecule has 1 heterocycles. The van der Waals surface area contributed by atoms with Gasteiger partial charge in [-0.2, -0.15) is 0 Å². The predicted molar refractivity (Wildman–Crippen MR) is 207 cm³/mol. The first-order chi connectivity index (χ1) is 24.8. The molecule has 0 aromatic heterocycles. The molecule has 0 aliphatic carbocycles. The maximum absolute atomic E-state index is 12.9. The SMILES string of the molecule is CC/C=C\C/C=C\C/C=C\C/C=C\CCCCCCC(=O)NC(COC1OC(CO)C(O)C(O)C1O)C(O)CCCCCCCCCCCCC. The van der Waals surface area contributed by atoms with Crippen LogP contribution in [0.5, 0.6) is 0 Å². The third-order valence-electron chi connectivity index (χ3n) is 9.45. The van der Waals surface area contributed by atoms with Gasteiger partial charge in [-0.1, -0.05) is 146 Å². The van der Waals surface area contributed by atoms with Gasteiger partial charge in [0.25, 0.3) is 0 Å². The second-order valence-electron chi connectivity index (χ2n) is 14.1. The molecule has 1 amide bonds. The van der Waals surface area contributed by atoms with E-state index in [1.165, 1.54) is 51.4 Å². The number of amides is 1. The van der Waals surface area contributed by atoms with Crippen molar-refractivity contribution in [1.29, 1.82) is 0 Å². The van der Waals surface area contributed by atoms with E-state index in [2.05, 4.69) is 67.8 Å². The van der Waals surface area contributed by atoms with Gasteiger partial charge in [-0.3, -0.25) is 4.79 Å². The fraction of sp³-hybridized carbons (Fsp3) is 0.786. The Kier molecular flexibility index (Phi) is 30.3. The number of rotatable bonds is 32. The van der Waals surface area contributed by atoms with E-state index < -0.39 is 49.5 Å². The number of ether oxygens (including phenoxy) is 2. The van der Waals surface area contributed by atoms with Crippen LogP contribution in [0.4, 0.5) is 0 Å². The summed E-state index contributed by atoms with van der Waals surface area (Å²) < 4.78 is 11.2. The number of carbonyl (C=O) groups excluding carboxylic acids is 1. The van der Waals surface area contributed by atoms with Gasteiger partial charge in [0.05, 0.1) is 25.4 Å². The largest absolute Gasteiger partial charge is 0.394 e. The molecule has 1 aliphatic heterocycles. The van der Waals surface area contributed by atoms with Crippen molar-refractivity contribution >= 4 is 5.91 Å². The molecule has 1 aliphatic rings. The van der Waals surface area contributed by atoms with Crippen molar-refractivity contribution in [3.05, 3.63) is 48.6 Å². The summed E-state index contributed by atoms with van der Waals surface area (Å²) in [7, 11) is 0. The first kappa shape index (κ1) is 47.2. The zero-order chi connectivity index (χ0) is 37.4. The van der Waals surface area contributed by atoms with Crippen molar-refractivity contribution in [2.75, 3.05) is 13.2 Å². The molecule has 6 N–H and O–H groups in total. The van der Waals surface area contributed by atoms with Gasteiger partial charge in [0.1, 0.15) is 24.4 Å². The van der Waals surface area contributed by atoms with Crippen molar-refractivity contribution in [3.8, 4) is 0 Å². The Morgan fingerprint density at radius 3 is 1.80 bits per heavy atom. The minimum absolute atomic E-state index is 0.150. The Morgan fingerprint density at radius 1 is 0.686 bits per heavy atom. The fourth-order valence-electron chi connectivity index (χ4n) is 6.15. The average Bonchev–Trinajstić information content (AvgIpc) is 3.13. The topological polar surface area (TPSA) is 149 Å². The van der Waals surface area contributed by atoms with Crippen LogP contribution in [0.2, 0.25) is 0 Å². The van der Waals surface area contributed by atoms with Gasteiger partial charge < -0.3 is 40.3 Å². The molecule has 9 nitrogen and oxygen atoms in total. The standard InChI is InChI=1S/C42H75NO8/c1-3-5-7-9-11-13-15-16-17-18-19-20-22-24-26-28-30-32-38(46)43-35(34-50-42-41(49)40(48)39(47)37(33-44)51-42)36(45)31-29-27-25-23-21-14-12-10-8-6-4-2/h5,7,11,13,16-17,19-20,35-37,39-42,44-45,47-49H,3-4,6,8-10,12,14-15,18,21-34H2,1-2H3,(H,43,46)/b7-5-,13-11-,17-16-,20-19-. The van der Waals surface area contributed by atoms with Gasteiger partial charge in [0.2, 0.25) is 5.91 Å². The van der Waals surface area contributed by atoms with E-state index in [-0.39, 0.29) is 12.5 Å². The summed E-state index contributed by atoms with van der Waals surface area (Å²) in [6, 6.07) is -0.730. The van der Waals surface area contributed by atoms with Crippen molar-refractivity contribution < 1.29 is 39.8 Å². The summed E-state index contributed by atoms with van der Waals surface area (Å²) in [4.78, 5) is 12.9. The van der Waals surface area contributed by atoms with Crippen LogP contribution in [0, 0.1) is 0 Å². The van der Waals surface area contributed by atoms with E-state index in [0.717, 1.165) is 77.0 Å². The second kappa shape index (κ2) is 32.8. The number of aliphatic hydroxyl groups excluding tert-OH is 5. The summed E-state index contributed by atoms with van der Waals surface area (Å²) >= 11 is 0. The van der Waals surface area contributed by atoms with E-state index >= 15 is 0 Å². The van der Waals surface area contributed by atoms with E-state index in [9.17, 15) is 30.3 Å². The van der Waals surface area contributed by atoms with Crippen LogP contribution < -0.4 is 5.32 Å². The summed E-state index contributed by atoms with van der Waals surface area (Å²) in [5.74, 6) is -0.172. The number of carbonyl (C=O) groups is 1. The number of allylic oxidation sites excluding steroid dienone is 8. The molecule has 9 heteroatoms. The molecule has 1 rings (SSSR count). The summed E-state index contributed by atoms with van der Waals surface area (Å²) in [5, 5.41) is 54.1. The van der Waals surface area contributed by atoms with Crippen molar-refractivity contribution in [2.24, 2.45) is 0 Å². The van der Waals surface area contributed by atoms with Gasteiger partial charge in [-0.05, 0) is 51.4 Å². The lowest BCUT2D eigenvalue weighted by Gasteiger charge is -2.40. The minimum atomic E-state index is -1.56. The summed E-state index contributed by atoms with van der Waals surface area (Å²) in [5.41, 5.74) is 0. The Hall–Kier alpha value is -1.85. The van der Waals surface area contributed by atoms with Gasteiger partial charge in [0.15, 0.2) is 6.29 Å². The first-order valence-corrected chi connectivity index (χ1v) is 20.3. The Balaban J connectivity index is 2.41. The molecule has 0 spiro atoms. The normalized spacial score (nSPS) is 22.5. The molecule has 0 radical (unpaired) electrons. The highest BCUT2D eigenvalue weighted by Gasteiger charge is 2.44. The van der Waals surface area contributed by atoms with Crippen molar-refractivity contribution in [3.63, 3.8) is 0 Å². The third-order valence-corrected chi connectivity index (χ3v) is 9.45. The second-order valence-corrected chi connectivity index (χ2v) is 14.1. The molecule has 0 bridgehead atoms. The highest BCUT2D eigenvalue weighted by molar-refractivity contribution is 5.76. The lowest BCUT2D eigenvalue weighted by Crippen LogP contribution is -2.60. The number of aliphatic hydroxyl groups is 5. The van der Waals surface area contributed by atoms with E-state index in [1.807, 2.05) is 0 Å². The molecule has 1 fully saturated rings. The summed E-state index contributed by atoms with van der Waals surface area (Å²) in [6.45, 7) is 3.67. The van der Waals surface area contributed by atoms with Crippen molar-refractivity contribution in [2.45, 2.75) is 198 Å². The first-order valence-electron chi connectivity index (χ1n) is 20.3. The van der Waals surface area contributed by atoms with Crippen LogP contribution in [0.3, 0.4) is 0 Å². The van der Waals surface area contributed by atoms with Crippen LogP contribution in [0.25, 0.3) is 0 Å². The van der Waals surface area contributed by atoms with Crippen LogP contribution in [0.15, 0.2) is 48.6 Å². The van der Waals surface area contributed by atoms with Crippen LogP contribution in [-0.4, -0.2) is 87.5 Å². The average molecular weight is 722 g/mol. The smallest absolute Gasteiger partial charge is 0.220 e. The van der Waals surface area contributed by atoms with E-state index in [0.29, 0.717) is 12.8 Å². The molecule has 51 heavy (non-hydrogen) atoms. The molecule has 1 saturated heterocycles. The zero-order valence-electron chi connectivity index (χ0n) is 32.1. The van der Waals surface area contributed by atoms with Gasteiger partial charge in [-0.15, -0.1) is 0 Å². The molecular formula is C42H75NO8. The number of hydrogen-bond acceptors (Lipinski definition) is 8. The van der Waals surface area contributed by atoms with Crippen LogP contribution in [0.1, 0.15) is 155 Å². The quantitative estimate of drug-likeness (QED) is 0.0309. The lowest BCUT2D eigenvalue weighted by molar-refractivity contribution is -0.302. The third kappa shape index (κ3) is 24.2. The van der Waals surface area contributed by atoms with Crippen LogP contribution in [-0.2, 0) is 14.3 Å². The minimum Gasteiger partial charge on any atom is -0.394 e. The molecular weight excluding hydrogens is 646 g/mol. The lowest BCUT2D eigenvalue weighted by atomic mass is 9.99. The number of unbranched alkanes of at least 4 members (excludes halogenated alkanes) is 14. The Bertz CT molecular complexity index is 936.